The van der Waals surface area contributed by atoms with Gasteiger partial charge in [-0.05, 0) is 30.0 Å². The van der Waals surface area contributed by atoms with Crippen molar-refractivity contribution in [2.24, 2.45) is 0 Å². The molecule has 0 saturated heterocycles. The molecule has 3 heteroatoms. The number of hydrogen-bond acceptors (Lipinski definition) is 2. The quantitative estimate of drug-likeness (QED) is 0.614. The van der Waals surface area contributed by atoms with Crippen LogP contribution in [0.2, 0.25) is 0 Å². The normalized spacial score (nSPS) is 10.2. The van der Waals surface area contributed by atoms with Gasteiger partial charge in [0.15, 0.2) is 0 Å². The molecular weight excluding hydrogens is 322 g/mol. The Morgan fingerprint density at radius 2 is 1.46 bits per heavy atom. The van der Waals surface area contributed by atoms with E-state index in [9.17, 15) is 9.59 Å². The van der Waals surface area contributed by atoms with E-state index in [2.05, 4.69) is 37.3 Å². The summed E-state index contributed by atoms with van der Waals surface area (Å²) >= 11 is 0. The monoisotopic (exact) mass is 349 g/mol. The Balaban J connectivity index is 2.29. The molecule has 2 aromatic carbocycles. The highest BCUT2D eigenvalue weighted by atomic mass is 16.2. The van der Waals surface area contributed by atoms with Crippen molar-refractivity contribution in [3.05, 3.63) is 77.9 Å². The first-order valence-corrected chi connectivity index (χ1v) is 9.20. The molecule has 0 aliphatic carbocycles. The highest BCUT2D eigenvalue weighted by Crippen LogP contribution is 2.23. The van der Waals surface area contributed by atoms with Gasteiger partial charge in [-0.1, -0.05) is 80.1 Å². The van der Waals surface area contributed by atoms with Crippen LogP contribution in [0.5, 0.6) is 0 Å². The molecule has 0 aliphatic rings. The van der Waals surface area contributed by atoms with Crippen LogP contribution in [0.1, 0.15) is 44.2 Å². The van der Waals surface area contributed by atoms with Crippen LogP contribution >= 0.6 is 0 Å². The lowest BCUT2D eigenvalue weighted by molar-refractivity contribution is -0.134. The summed E-state index contributed by atoms with van der Waals surface area (Å²) in [7, 11) is 0. The van der Waals surface area contributed by atoms with Crippen molar-refractivity contribution in [1.29, 1.82) is 0 Å². The summed E-state index contributed by atoms with van der Waals surface area (Å²) in [5, 5.41) is 0. The summed E-state index contributed by atoms with van der Waals surface area (Å²) in [6, 6.07) is 20.4. The maximum atomic E-state index is 12.4. The summed E-state index contributed by atoms with van der Waals surface area (Å²) in [5.74, 6) is -0.186. The first-order valence-electron chi connectivity index (χ1n) is 9.20. The standard InChI is InChI=1S/C23H27NO2/c1-3-4-16-24(23(26)18-19(2)25)17-15-22(20-11-7-5-8-12-20)21-13-9-6-10-14-21/h5-15H,3-4,16-18H2,1-2H3. The maximum Gasteiger partial charge on any atom is 0.230 e. The minimum absolute atomic E-state index is 0.0242. The van der Waals surface area contributed by atoms with E-state index in [1.54, 1.807) is 4.90 Å². The number of carbonyl (C=O) groups is 2. The summed E-state index contributed by atoms with van der Waals surface area (Å²) in [5.41, 5.74) is 3.34. The molecule has 0 fully saturated rings. The van der Waals surface area contributed by atoms with E-state index in [1.807, 2.05) is 36.4 Å². The average Bonchev–Trinajstić information content (AvgIpc) is 2.65. The van der Waals surface area contributed by atoms with Gasteiger partial charge >= 0.3 is 0 Å². The Kier molecular flexibility index (Phi) is 7.81. The summed E-state index contributed by atoms with van der Waals surface area (Å²) < 4.78 is 0. The van der Waals surface area contributed by atoms with Crippen molar-refractivity contribution < 1.29 is 9.59 Å². The van der Waals surface area contributed by atoms with Crippen molar-refractivity contribution in [2.45, 2.75) is 33.1 Å². The smallest absolute Gasteiger partial charge is 0.230 e. The lowest BCUT2D eigenvalue weighted by Gasteiger charge is -2.21. The fourth-order valence-electron chi connectivity index (χ4n) is 2.83. The Morgan fingerprint density at radius 3 is 1.92 bits per heavy atom. The average molecular weight is 349 g/mol. The highest BCUT2D eigenvalue weighted by molar-refractivity contribution is 5.97. The fraction of sp³-hybridized carbons (Fsp3) is 0.304. The van der Waals surface area contributed by atoms with E-state index in [0.29, 0.717) is 13.1 Å². The van der Waals surface area contributed by atoms with Crippen LogP contribution in [0.25, 0.3) is 5.57 Å². The van der Waals surface area contributed by atoms with Crippen molar-refractivity contribution in [3.8, 4) is 0 Å². The van der Waals surface area contributed by atoms with Gasteiger partial charge in [0.25, 0.3) is 0 Å². The lowest BCUT2D eigenvalue weighted by atomic mass is 9.97. The molecule has 3 nitrogen and oxygen atoms in total. The van der Waals surface area contributed by atoms with Crippen LogP contribution in [0.3, 0.4) is 0 Å². The zero-order valence-electron chi connectivity index (χ0n) is 15.7. The number of carbonyl (C=O) groups excluding carboxylic acids is 2. The molecule has 26 heavy (non-hydrogen) atoms. The Morgan fingerprint density at radius 1 is 0.923 bits per heavy atom. The molecule has 0 atom stereocenters. The minimum Gasteiger partial charge on any atom is -0.339 e. The number of hydrogen-bond donors (Lipinski definition) is 0. The van der Waals surface area contributed by atoms with Crippen molar-refractivity contribution >= 4 is 17.3 Å². The number of unbranched alkanes of at least 4 members (excludes halogenated alkanes) is 1. The Bertz CT molecular complexity index is 694. The van der Waals surface area contributed by atoms with E-state index in [0.717, 1.165) is 29.5 Å². The van der Waals surface area contributed by atoms with Crippen LogP contribution in [-0.2, 0) is 9.59 Å². The van der Waals surface area contributed by atoms with E-state index in [1.165, 1.54) is 6.92 Å². The predicted molar refractivity (Wildman–Crippen MR) is 107 cm³/mol. The first-order chi connectivity index (χ1) is 12.6. The molecule has 0 radical (unpaired) electrons. The van der Waals surface area contributed by atoms with Gasteiger partial charge in [-0.15, -0.1) is 0 Å². The summed E-state index contributed by atoms with van der Waals surface area (Å²) in [4.78, 5) is 25.6. The van der Waals surface area contributed by atoms with Gasteiger partial charge < -0.3 is 4.90 Å². The second-order valence-electron chi connectivity index (χ2n) is 6.42. The van der Waals surface area contributed by atoms with Crippen molar-refractivity contribution in [1.82, 2.24) is 4.90 Å². The zero-order valence-corrected chi connectivity index (χ0v) is 15.7. The molecule has 2 aromatic rings. The lowest BCUT2D eigenvalue weighted by Crippen LogP contribution is -2.33. The summed E-state index contributed by atoms with van der Waals surface area (Å²) in [6.07, 6.45) is 4.02. The van der Waals surface area contributed by atoms with E-state index < -0.39 is 0 Å². The third-order valence-electron chi connectivity index (χ3n) is 4.22. The Labute approximate surface area is 156 Å². The van der Waals surface area contributed by atoms with Gasteiger partial charge in [0.1, 0.15) is 5.78 Å². The second kappa shape index (κ2) is 10.3. The SMILES string of the molecule is CCCCN(CC=C(c1ccccc1)c1ccccc1)C(=O)CC(C)=O. The number of rotatable bonds is 9. The molecule has 0 heterocycles. The van der Waals surface area contributed by atoms with Gasteiger partial charge in [0.2, 0.25) is 5.91 Å². The van der Waals surface area contributed by atoms with Gasteiger partial charge in [-0.2, -0.15) is 0 Å². The molecule has 0 aromatic heterocycles. The van der Waals surface area contributed by atoms with Crippen LogP contribution in [-0.4, -0.2) is 29.7 Å². The molecular formula is C23H27NO2. The topological polar surface area (TPSA) is 37.4 Å². The highest BCUT2D eigenvalue weighted by Gasteiger charge is 2.14. The third-order valence-corrected chi connectivity index (χ3v) is 4.22. The molecule has 136 valence electrons. The van der Waals surface area contributed by atoms with Crippen LogP contribution < -0.4 is 0 Å². The van der Waals surface area contributed by atoms with E-state index >= 15 is 0 Å². The van der Waals surface area contributed by atoms with E-state index in [-0.39, 0.29) is 18.1 Å². The van der Waals surface area contributed by atoms with E-state index in [4.69, 9.17) is 0 Å². The van der Waals surface area contributed by atoms with Gasteiger partial charge in [-0.25, -0.2) is 0 Å². The van der Waals surface area contributed by atoms with Crippen LogP contribution in [0.15, 0.2) is 66.7 Å². The number of ketones is 1. The number of benzene rings is 2. The number of amides is 1. The molecule has 0 bridgehead atoms. The first kappa shape index (κ1) is 19.6. The second-order valence-corrected chi connectivity index (χ2v) is 6.42. The zero-order chi connectivity index (χ0) is 18.8. The van der Waals surface area contributed by atoms with Crippen molar-refractivity contribution in [2.75, 3.05) is 13.1 Å². The molecule has 2 rings (SSSR count). The molecule has 0 saturated carbocycles. The molecule has 0 unspecified atom stereocenters. The van der Waals surface area contributed by atoms with Gasteiger partial charge in [0.05, 0.1) is 6.42 Å². The summed E-state index contributed by atoms with van der Waals surface area (Å²) in [6.45, 7) is 4.75. The third kappa shape index (κ3) is 5.99. The fourth-order valence-corrected chi connectivity index (χ4v) is 2.83. The van der Waals surface area contributed by atoms with Gasteiger partial charge in [-0.3, -0.25) is 9.59 Å². The molecule has 1 amide bonds. The number of Topliss-reactive ketones (excluding diaryl/α,β-unsaturated/α-hetero) is 1. The number of nitrogens with zero attached hydrogens (tertiary/aromatic N) is 1. The molecule has 0 spiro atoms. The van der Waals surface area contributed by atoms with Crippen molar-refractivity contribution in [3.63, 3.8) is 0 Å². The van der Waals surface area contributed by atoms with Crippen LogP contribution in [0.4, 0.5) is 0 Å². The molecule has 0 aliphatic heterocycles. The maximum absolute atomic E-state index is 12.4. The largest absolute Gasteiger partial charge is 0.339 e. The molecule has 0 N–H and O–H groups in total. The van der Waals surface area contributed by atoms with Gasteiger partial charge in [0, 0.05) is 13.1 Å². The predicted octanol–water partition coefficient (Wildman–Crippen LogP) is 4.73. The Hall–Kier alpha value is -2.68. The minimum atomic E-state index is -0.0947. The van der Waals surface area contributed by atoms with Crippen LogP contribution in [0, 0.1) is 0 Å².